The summed E-state index contributed by atoms with van der Waals surface area (Å²) >= 11 is 0. The number of rotatable bonds is 5. The first kappa shape index (κ1) is 16.7. The van der Waals surface area contributed by atoms with Gasteiger partial charge in [-0.15, -0.1) is 0 Å². The van der Waals surface area contributed by atoms with Gasteiger partial charge in [0.05, 0.1) is 4.92 Å². The van der Waals surface area contributed by atoms with Crippen LogP contribution in [0.25, 0.3) is 0 Å². The van der Waals surface area contributed by atoms with Crippen molar-refractivity contribution in [1.29, 1.82) is 0 Å². The van der Waals surface area contributed by atoms with Crippen LogP contribution in [0.3, 0.4) is 0 Å². The van der Waals surface area contributed by atoms with Gasteiger partial charge in [-0.05, 0) is 37.3 Å². The third-order valence-electron chi connectivity index (χ3n) is 3.76. The van der Waals surface area contributed by atoms with E-state index in [4.69, 9.17) is 5.14 Å². The summed E-state index contributed by atoms with van der Waals surface area (Å²) in [6, 6.07) is 5.15. The molecular weight excluding hydrogens is 308 g/mol. The van der Waals surface area contributed by atoms with Crippen LogP contribution in [-0.2, 0) is 10.2 Å². The van der Waals surface area contributed by atoms with Gasteiger partial charge in [-0.3, -0.25) is 10.1 Å². The van der Waals surface area contributed by atoms with Crippen LogP contribution in [0.15, 0.2) is 18.2 Å². The maximum atomic E-state index is 11.2. The molecule has 0 saturated carbocycles. The van der Waals surface area contributed by atoms with E-state index in [1.165, 1.54) is 0 Å². The lowest BCUT2D eigenvalue weighted by Crippen LogP contribution is -2.42. The van der Waals surface area contributed by atoms with Gasteiger partial charge in [0.2, 0.25) is 0 Å². The molecule has 1 aromatic carbocycles. The van der Waals surface area contributed by atoms with Gasteiger partial charge >= 0.3 is 0 Å². The predicted octanol–water partition coefficient (Wildman–Crippen LogP) is 0.913. The maximum Gasteiger partial charge on any atom is 0.292 e. The lowest BCUT2D eigenvalue weighted by molar-refractivity contribution is -0.384. The molecule has 1 aromatic rings. The van der Waals surface area contributed by atoms with E-state index in [0.29, 0.717) is 12.2 Å². The Morgan fingerprint density at radius 2 is 2.23 bits per heavy atom. The van der Waals surface area contributed by atoms with Crippen molar-refractivity contribution in [3.8, 4) is 0 Å². The minimum atomic E-state index is -3.71. The van der Waals surface area contributed by atoms with E-state index >= 15 is 0 Å². The number of nitrogens with one attached hydrogen (secondary N) is 1. The van der Waals surface area contributed by atoms with Crippen molar-refractivity contribution in [1.82, 2.24) is 4.72 Å². The molecule has 9 heteroatoms. The molecule has 0 aliphatic carbocycles. The Bertz CT molecular complexity index is 662. The molecule has 122 valence electrons. The fourth-order valence-corrected chi connectivity index (χ4v) is 3.20. The number of piperidine rings is 1. The molecule has 0 bridgehead atoms. The van der Waals surface area contributed by atoms with E-state index in [9.17, 15) is 18.5 Å². The van der Waals surface area contributed by atoms with Crippen LogP contribution in [0.2, 0.25) is 0 Å². The first-order chi connectivity index (χ1) is 10.3. The maximum absolute atomic E-state index is 11.2. The Morgan fingerprint density at radius 3 is 2.86 bits per heavy atom. The highest BCUT2D eigenvalue weighted by molar-refractivity contribution is 7.87. The van der Waals surface area contributed by atoms with Crippen molar-refractivity contribution in [2.45, 2.75) is 19.8 Å². The van der Waals surface area contributed by atoms with Gasteiger partial charge < -0.3 is 4.90 Å². The molecule has 3 N–H and O–H groups in total. The number of nitro benzene ring substituents is 1. The highest BCUT2D eigenvalue weighted by atomic mass is 32.2. The lowest BCUT2D eigenvalue weighted by Gasteiger charge is -2.34. The van der Waals surface area contributed by atoms with Gasteiger partial charge in [-0.2, -0.15) is 8.42 Å². The Labute approximate surface area is 129 Å². The summed E-state index contributed by atoms with van der Waals surface area (Å²) < 4.78 is 24.2. The zero-order valence-electron chi connectivity index (χ0n) is 12.4. The topological polar surface area (TPSA) is 119 Å². The van der Waals surface area contributed by atoms with E-state index in [0.717, 1.165) is 24.9 Å². The Morgan fingerprint density at radius 1 is 1.50 bits per heavy atom. The fraction of sp³-hybridized carbons (Fsp3) is 0.538. The van der Waals surface area contributed by atoms with Gasteiger partial charge in [0.15, 0.2) is 0 Å². The van der Waals surface area contributed by atoms with Crippen molar-refractivity contribution in [3.63, 3.8) is 0 Å². The molecule has 1 saturated heterocycles. The average Bonchev–Trinajstić information content (AvgIpc) is 2.44. The fourth-order valence-electron chi connectivity index (χ4n) is 2.73. The predicted molar refractivity (Wildman–Crippen MR) is 83.9 cm³/mol. The zero-order valence-corrected chi connectivity index (χ0v) is 13.2. The van der Waals surface area contributed by atoms with Gasteiger partial charge in [-0.25, -0.2) is 9.86 Å². The summed E-state index contributed by atoms with van der Waals surface area (Å²) in [5.41, 5.74) is 1.50. The Kier molecular flexibility index (Phi) is 4.99. The third-order valence-corrected chi connectivity index (χ3v) is 4.33. The largest absolute Gasteiger partial charge is 0.366 e. The van der Waals surface area contributed by atoms with Crippen LogP contribution in [-0.4, -0.2) is 33.0 Å². The highest BCUT2D eigenvalue weighted by Gasteiger charge is 2.26. The highest BCUT2D eigenvalue weighted by Crippen LogP contribution is 2.32. The van der Waals surface area contributed by atoms with Crippen LogP contribution in [0, 0.1) is 23.0 Å². The number of nitrogens with two attached hydrogens (primary N) is 1. The molecule has 1 aliphatic rings. The third kappa shape index (κ3) is 4.39. The number of benzene rings is 1. The van der Waals surface area contributed by atoms with Crippen LogP contribution < -0.4 is 14.8 Å². The molecule has 0 radical (unpaired) electrons. The number of hydrogen-bond donors (Lipinski definition) is 2. The van der Waals surface area contributed by atoms with E-state index in [2.05, 4.69) is 4.72 Å². The van der Waals surface area contributed by atoms with E-state index in [1.54, 1.807) is 12.1 Å². The normalized spacial score (nSPS) is 19.2. The molecular formula is C13H20N4O4S. The summed E-state index contributed by atoms with van der Waals surface area (Å²) in [5.74, 6) is 0.0768. The van der Waals surface area contributed by atoms with Crippen LogP contribution in [0.1, 0.15) is 18.4 Å². The molecule has 1 aliphatic heterocycles. The SMILES string of the molecule is Cc1ccc(N2CCCC(CNS(N)(=O)=O)C2)c([N+](=O)[O-])c1. The van der Waals surface area contributed by atoms with Crippen molar-refractivity contribution in [2.24, 2.45) is 11.1 Å². The quantitative estimate of drug-likeness (QED) is 0.615. The summed E-state index contributed by atoms with van der Waals surface area (Å²) in [5, 5.41) is 16.2. The summed E-state index contributed by atoms with van der Waals surface area (Å²) in [4.78, 5) is 12.8. The molecule has 0 aromatic heterocycles. The minimum absolute atomic E-state index is 0.0768. The van der Waals surface area contributed by atoms with E-state index in [-0.39, 0.29) is 23.1 Å². The van der Waals surface area contributed by atoms with E-state index < -0.39 is 10.2 Å². The van der Waals surface area contributed by atoms with Gasteiger partial charge in [0, 0.05) is 25.7 Å². The number of anilines is 1. The van der Waals surface area contributed by atoms with E-state index in [1.807, 2.05) is 17.9 Å². The second-order valence-corrected chi connectivity index (χ2v) is 6.98. The lowest BCUT2D eigenvalue weighted by atomic mass is 9.97. The molecule has 1 atom stereocenters. The van der Waals surface area contributed by atoms with Gasteiger partial charge in [0.1, 0.15) is 5.69 Å². The first-order valence-electron chi connectivity index (χ1n) is 7.03. The Hall–Kier alpha value is -1.71. The molecule has 1 unspecified atom stereocenters. The number of nitrogens with zero attached hydrogens (tertiary/aromatic N) is 2. The van der Waals surface area contributed by atoms with Gasteiger partial charge in [-0.1, -0.05) is 6.07 Å². The molecule has 22 heavy (non-hydrogen) atoms. The van der Waals surface area contributed by atoms with Crippen molar-refractivity contribution in [3.05, 3.63) is 33.9 Å². The molecule has 1 fully saturated rings. The van der Waals surface area contributed by atoms with Crippen molar-refractivity contribution >= 4 is 21.6 Å². The first-order valence-corrected chi connectivity index (χ1v) is 8.58. The molecule has 2 rings (SSSR count). The smallest absolute Gasteiger partial charge is 0.292 e. The summed E-state index contributed by atoms with van der Waals surface area (Å²) in [7, 11) is -3.71. The van der Waals surface area contributed by atoms with Crippen LogP contribution >= 0.6 is 0 Å². The second kappa shape index (κ2) is 6.59. The second-order valence-electron chi connectivity index (χ2n) is 5.60. The summed E-state index contributed by atoms with van der Waals surface area (Å²) in [6.45, 7) is 3.34. The number of nitro groups is 1. The number of aryl methyl sites for hydroxylation is 1. The van der Waals surface area contributed by atoms with Crippen LogP contribution in [0.4, 0.5) is 11.4 Å². The standard InChI is InChI=1S/C13H20N4O4S/c1-10-4-5-12(13(7-10)17(18)19)16-6-2-3-11(9-16)8-15-22(14,20)21/h4-5,7,11,15H,2-3,6,8-9H2,1H3,(H2,14,20,21). The Balaban J connectivity index is 2.14. The van der Waals surface area contributed by atoms with Gasteiger partial charge in [0.25, 0.3) is 15.9 Å². The minimum Gasteiger partial charge on any atom is -0.366 e. The van der Waals surface area contributed by atoms with Crippen LogP contribution in [0.5, 0.6) is 0 Å². The molecule has 8 nitrogen and oxygen atoms in total. The molecule has 0 spiro atoms. The van der Waals surface area contributed by atoms with Crippen molar-refractivity contribution < 1.29 is 13.3 Å². The zero-order chi connectivity index (χ0) is 16.3. The monoisotopic (exact) mass is 328 g/mol. The molecule has 1 heterocycles. The average molecular weight is 328 g/mol. The number of hydrogen-bond acceptors (Lipinski definition) is 5. The van der Waals surface area contributed by atoms with Crippen molar-refractivity contribution in [2.75, 3.05) is 24.5 Å². The molecule has 0 amide bonds. The summed E-state index contributed by atoms with van der Waals surface area (Å²) in [6.07, 6.45) is 1.71.